The number of carbonyl (C=O) groups excluding carboxylic acids is 1. The molecule has 168 valence electrons. The van der Waals surface area contributed by atoms with Crippen LogP contribution in [0.2, 0.25) is 0 Å². The molecule has 0 aliphatic heterocycles. The standard InChI is InChI=1S/C27H26N2O4/c30-26(31)18-29-17-22(23-13-7-8-14-25(23)29)15-24(28-16-20-9-3-1-4-10-20)27(32)33-19-21-11-5-2-6-12-21/h1-14,17,24,28H,15-16,18-19H2,(H,30,31). The van der Waals surface area contributed by atoms with Crippen LogP contribution < -0.4 is 5.32 Å². The fraction of sp³-hybridized carbons (Fsp3) is 0.185. The molecule has 0 bridgehead atoms. The molecule has 0 amide bonds. The smallest absolute Gasteiger partial charge is 0.323 e. The Kier molecular flexibility index (Phi) is 7.17. The molecule has 0 saturated carbocycles. The topological polar surface area (TPSA) is 80.6 Å². The summed E-state index contributed by atoms with van der Waals surface area (Å²) >= 11 is 0. The third kappa shape index (κ3) is 5.87. The summed E-state index contributed by atoms with van der Waals surface area (Å²) in [5.41, 5.74) is 3.71. The van der Waals surface area contributed by atoms with Crippen molar-refractivity contribution in [1.29, 1.82) is 0 Å². The zero-order valence-electron chi connectivity index (χ0n) is 18.2. The third-order valence-electron chi connectivity index (χ3n) is 5.50. The Labute approximate surface area is 192 Å². The first-order valence-electron chi connectivity index (χ1n) is 10.9. The van der Waals surface area contributed by atoms with Crippen LogP contribution in [0.15, 0.2) is 91.1 Å². The predicted molar refractivity (Wildman–Crippen MR) is 127 cm³/mol. The maximum Gasteiger partial charge on any atom is 0.323 e. The maximum absolute atomic E-state index is 13.1. The lowest BCUT2D eigenvalue weighted by atomic mass is 10.0. The molecule has 1 unspecified atom stereocenters. The molecule has 0 saturated heterocycles. The number of nitrogens with zero attached hydrogens (tertiary/aromatic N) is 1. The van der Waals surface area contributed by atoms with E-state index in [4.69, 9.17) is 4.74 Å². The van der Waals surface area contributed by atoms with E-state index in [1.54, 1.807) is 4.57 Å². The van der Waals surface area contributed by atoms with Crippen LogP contribution in [0.4, 0.5) is 0 Å². The number of ether oxygens (including phenoxy) is 1. The third-order valence-corrected chi connectivity index (χ3v) is 5.50. The van der Waals surface area contributed by atoms with Crippen molar-refractivity contribution in [2.45, 2.75) is 32.2 Å². The second-order valence-electron chi connectivity index (χ2n) is 7.91. The molecule has 1 heterocycles. The normalized spacial score (nSPS) is 11.9. The highest BCUT2D eigenvalue weighted by molar-refractivity contribution is 5.86. The summed E-state index contributed by atoms with van der Waals surface area (Å²) in [5, 5.41) is 13.6. The van der Waals surface area contributed by atoms with Gasteiger partial charge in [0.2, 0.25) is 0 Å². The van der Waals surface area contributed by atoms with Crippen molar-refractivity contribution >= 4 is 22.8 Å². The van der Waals surface area contributed by atoms with Crippen LogP contribution in [0.5, 0.6) is 0 Å². The van der Waals surface area contributed by atoms with Crippen LogP contribution in [-0.2, 0) is 40.4 Å². The number of para-hydroxylation sites is 1. The lowest BCUT2D eigenvalue weighted by Crippen LogP contribution is -2.39. The van der Waals surface area contributed by atoms with Crippen molar-refractivity contribution in [3.8, 4) is 0 Å². The van der Waals surface area contributed by atoms with Gasteiger partial charge in [-0.05, 0) is 22.8 Å². The van der Waals surface area contributed by atoms with E-state index in [1.807, 2.05) is 91.1 Å². The molecule has 33 heavy (non-hydrogen) atoms. The van der Waals surface area contributed by atoms with Gasteiger partial charge in [0, 0.05) is 30.1 Å². The number of fused-ring (bicyclic) bond motifs is 1. The van der Waals surface area contributed by atoms with Gasteiger partial charge in [0.05, 0.1) is 0 Å². The van der Waals surface area contributed by atoms with Crippen molar-refractivity contribution in [3.63, 3.8) is 0 Å². The summed E-state index contributed by atoms with van der Waals surface area (Å²) in [7, 11) is 0. The van der Waals surface area contributed by atoms with E-state index >= 15 is 0 Å². The number of hydrogen-bond donors (Lipinski definition) is 2. The minimum atomic E-state index is -0.914. The Morgan fingerprint density at radius 1 is 0.879 bits per heavy atom. The molecule has 4 rings (SSSR count). The zero-order valence-corrected chi connectivity index (χ0v) is 18.2. The molecule has 4 aromatic rings. The fourth-order valence-corrected chi connectivity index (χ4v) is 3.89. The van der Waals surface area contributed by atoms with Crippen LogP contribution in [0.1, 0.15) is 16.7 Å². The van der Waals surface area contributed by atoms with E-state index < -0.39 is 12.0 Å². The lowest BCUT2D eigenvalue weighted by molar-refractivity contribution is -0.147. The Morgan fingerprint density at radius 2 is 1.52 bits per heavy atom. The number of rotatable bonds is 10. The van der Waals surface area contributed by atoms with Crippen LogP contribution >= 0.6 is 0 Å². The van der Waals surface area contributed by atoms with Gasteiger partial charge in [0.25, 0.3) is 0 Å². The molecule has 0 fully saturated rings. The molecule has 0 aliphatic carbocycles. The van der Waals surface area contributed by atoms with Gasteiger partial charge in [-0.1, -0.05) is 78.9 Å². The Balaban J connectivity index is 1.56. The van der Waals surface area contributed by atoms with Crippen molar-refractivity contribution in [2.24, 2.45) is 0 Å². The van der Waals surface area contributed by atoms with E-state index in [9.17, 15) is 14.7 Å². The Hall–Kier alpha value is -3.90. The molecule has 3 aromatic carbocycles. The molecule has 0 radical (unpaired) electrons. The summed E-state index contributed by atoms with van der Waals surface area (Å²) in [5.74, 6) is -1.26. The molecule has 1 aromatic heterocycles. The fourth-order valence-electron chi connectivity index (χ4n) is 3.89. The van der Waals surface area contributed by atoms with E-state index in [1.165, 1.54) is 0 Å². The molecule has 6 nitrogen and oxygen atoms in total. The minimum absolute atomic E-state index is 0.138. The highest BCUT2D eigenvalue weighted by Gasteiger charge is 2.23. The van der Waals surface area contributed by atoms with E-state index in [0.717, 1.165) is 27.6 Å². The highest BCUT2D eigenvalue weighted by atomic mass is 16.5. The second-order valence-corrected chi connectivity index (χ2v) is 7.91. The van der Waals surface area contributed by atoms with Gasteiger partial charge in [-0.2, -0.15) is 0 Å². The molecular weight excluding hydrogens is 416 g/mol. The average molecular weight is 443 g/mol. The minimum Gasteiger partial charge on any atom is -0.480 e. The Bertz CT molecular complexity index is 1220. The van der Waals surface area contributed by atoms with E-state index in [-0.39, 0.29) is 19.1 Å². The molecule has 0 aliphatic rings. The monoisotopic (exact) mass is 442 g/mol. The summed E-state index contributed by atoms with van der Waals surface area (Å²) in [4.78, 5) is 24.4. The largest absolute Gasteiger partial charge is 0.480 e. The van der Waals surface area contributed by atoms with Crippen molar-refractivity contribution in [3.05, 3.63) is 108 Å². The molecule has 0 spiro atoms. The number of nitrogens with one attached hydrogen (secondary N) is 1. The van der Waals surface area contributed by atoms with Gasteiger partial charge in [0.1, 0.15) is 19.2 Å². The summed E-state index contributed by atoms with van der Waals surface area (Å²) in [6.45, 7) is 0.574. The number of carbonyl (C=O) groups is 2. The van der Waals surface area contributed by atoms with E-state index in [0.29, 0.717) is 13.0 Å². The highest BCUT2D eigenvalue weighted by Crippen LogP contribution is 2.23. The van der Waals surface area contributed by atoms with Crippen molar-refractivity contribution in [1.82, 2.24) is 9.88 Å². The molecule has 6 heteroatoms. The van der Waals surface area contributed by atoms with Crippen LogP contribution in [0.3, 0.4) is 0 Å². The number of benzene rings is 3. The van der Waals surface area contributed by atoms with Crippen LogP contribution in [0, 0.1) is 0 Å². The summed E-state index contributed by atoms with van der Waals surface area (Å²) in [6.07, 6.45) is 2.20. The maximum atomic E-state index is 13.1. The van der Waals surface area contributed by atoms with Crippen LogP contribution in [0.25, 0.3) is 10.9 Å². The van der Waals surface area contributed by atoms with Crippen molar-refractivity contribution in [2.75, 3.05) is 0 Å². The number of hydrogen-bond acceptors (Lipinski definition) is 4. The van der Waals surface area contributed by atoms with Gasteiger partial charge < -0.3 is 19.7 Å². The van der Waals surface area contributed by atoms with Gasteiger partial charge in [-0.15, -0.1) is 0 Å². The first kappa shape index (κ1) is 22.3. The van der Waals surface area contributed by atoms with Gasteiger partial charge in [-0.3, -0.25) is 9.59 Å². The predicted octanol–water partition coefficient (Wildman–Crippen LogP) is 4.17. The molecule has 1 atom stereocenters. The quantitative estimate of drug-likeness (QED) is 0.360. The number of carboxylic acid groups (broad SMARTS) is 1. The average Bonchev–Trinajstić information content (AvgIpc) is 3.18. The molecular formula is C27H26N2O4. The number of esters is 1. The second kappa shape index (κ2) is 10.6. The SMILES string of the molecule is O=C(O)Cn1cc(CC(NCc2ccccc2)C(=O)OCc2ccccc2)c2ccccc21. The summed E-state index contributed by atoms with van der Waals surface area (Å²) < 4.78 is 7.34. The first-order chi connectivity index (χ1) is 16.1. The number of carboxylic acids is 1. The lowest BCUT2D eigenvalue weighted by Gasteiger charge is -2.18. The zero-order chi connectivity index (χ0) is 23.0. The van der Waals surface area contributed by atoms with Crippen molar-refractivity contribution < 1.29 is 19.4 Å². The van der Waals surface area contributed by atoms with E-state index in [2.05, 4.69) is 5.32 Å². The Morgan fingerprint density at radius 3 is 2.21 bits per heavy atom. The first-order valence-corrected chi connectivity index (χ1v) is 10.9. The summed E-state index contributed by atoms with van der Waals surface area (Å²) in [6, 6.07) is 26.5. The van der Waals surface area contributed by atoms with Gasteiger partial charge in [0.15, 0.2) is 0 Å². The molecule has 2 N–H and O–H groups in total. The van der Waals surface area contributed by atoms with Gasteiger partial charge in [-0.25, -0.2) is 0 Å². The number of aromatic nitrogens is 1. The van der Waals surface area contributed by atoms with Crippen LogP contribution in [-0.4, -0.2) is 27.7 Å². The number of aliphatic carboxylic acids is 1. The van der Waals surface area contributed by atoms with Gasteiger partial charge >= 0.3 is 11.9 Å².